The lowest BCUT2D eigenvalue weighted by atomic mass is 10.2. The van der Waals surface area contributed by atoms with Gasteiger partial charge < -0.3 is 10.1 Å². The molecule has 0 aromatic rings. The number of hydrogen-bond donors (Lipinski definition) is 1. The molecule has 1 aliphatic rings. The highest BCUT2D eigenvalue weighted by atomic mass is 16.5. The Morgan fingerprint density at radius 1 is 1.50 bits per heavy atom. The molecule has 1 heterocycles. The van der Waals surface area contributed by atoms with E-state index in [1.807, 2.05) is 11.8 Å². The molecule has 0 bridgehead atoms. The maximum Gasteiger partial charge on any atom is 0.239 e. The number of likely N-dealkylation sites (N-methyl/N-ethyl adjacent to an activating group) is 1. The molecule has 1 saturated heterocycles. The number of amides is 1. The fourth-order valence-electron chi connectivity index (χ4n) is 1.74. The van der Waals surface area contributed by atoms with Gasteiger partial charge in [0.1, 0.15) is 11.8 Å². The molecule has 0 aromatic heterocycles. The summed E-state index contributed by atoms with van der Waals surface area (Å²) in [6, 6.07) is -0.243. The lowest BCUT2D eigenvalue weighted by Gasteiger charge is -2.34. The van der Waals surface area contributed by atoms with E-state index in [-0.39, 0.29) is 17.7 Å². The summed E-state index contributed by atoms with van der Waals surface area (Å²) in [6.45, 7) is 6.49. The van der Waals surface area contributed by atoms with Crippen molar-refractivity contribution in [1.82, 2.24) is 10.2 Å². The highest BCUT2D eigenvalue weighted by molar-refractivity contribution is 5.82. The molecule has 1 N–H and O–H groups in total. The lowest BCUT2D eigenvalue weighted by molar-refractivity contribution is -0.133. The number of carbonyl (C=O) groups is 2. The molecule has 0 saturated carbocycles. The molecule has 5 heteroatoms. The Morgan fingerprint density at radius 3 is 2.88 bits per heavy atom. The van der Waals surface area contributed by atoms with Gasteiger partial charge in [0.25, 0.3) is 0 Å². The monoisotopic (exact) mass is 228 g/mol. The Labute approximate surface area is 96.1 Å². The largest absolute Gasteiger partial charge is 0.378 e. The van der Waals surface area contributed by atoms with Gasteiger partial charge in [-0.05, 0) is 13.8 Å². The van der Waals surface area contributed by atoms with Gasteiger partial charge in [-0.15, -0.1) is 0 Å². The molecule has 0 aliphatic carbocycles. The van der Waals surface area contributed by atoms with Gasteiger partial charge in [-0.2, -0.15) is 0 Å². The van der Waals surface area contributed by atoms with Crippen molar-refractivity contribution in [3.05, 3.63) is 0 Å². The fraction of sp³-hybridized carbons (Fsp3) is 0.818. The maximum atomic E-state index is 11.7. The quantitative estimate of drug-likeness (QED) is 0.708. The number of hydrogen-bond acceptors (Lipinski definition) is 4. The molecule has 1 amide bonds. The Kier molecular flexibility index (Phi) is 5.42. The third kappa shape index (κ3) is 3.90. The second kappa shape index (κ2) is 6.60. The van der Waals surface area contributed by atoms with Crippen LogP contribution in [0.2, 0.25) is 0 Å². The number of Topliss-reactive ketones (excluding diaryl/α,β-unsaturated/α-hetero) is 1. The van der Waals surface area contributed by atoms with Crippen LogP contribution in [0.1, 0.15) is 20.3 Å². The summed E-state index contributed by atoms with van der Waals surface area (Å²) in [5.41, 5.74) is 0. The van der Waals surface area contributed by atoms with Gasteiger partial charge in [0.05, 0.1) is 13.2 Å². The average molecular weight is 228 g/mol. The first kappa shape index (κ1) is 13.1. The molecular weight excluding hydrogens is 208 g/mol. The van der Waals surface area contributed by atoms with E-state index < -0.39 is 0 Å². The molecule has 1 aliphatic heterocycles. The molecule has 5 nitrogen and oxygen atoms in total. The van der Waals surface area contributed by atoms with Crippen LogP contribution in [0.25, 0.3) is 0 Å². The minimum Gasteiger partial charge on any atom is -0.378 e. The summed E-state index contributed by atoms with van der Waals surface area (Å²) < 4.78 is 5.30. The zero-order valence-electron chi connectivity index (χ0n) is 9.99. The molecule has 1 atom stereocenters. The fourth-order valence-corrected chi connectivity index (χ4v) is 1.74. The SMILES string of the molecule is CCNC(=O)C1COCCN1CCC(C)=O. The third-order valence-electron chi connectivity index (χ3n) is 2.64. The van der Waals surface area contributed by atoms with Crippen molar-refractivity contribution in [2.45, 2.75) is 26.3 Å². The zero-order chi connectivity index (χ0) is 12.0. The van der Waals surface area contributed by atoms with Gasteiger partial charge in [0.15, 0.2) is 0 Å². The minimum absolute atomic E-state index is 0.00856. The van der Waals surface area contributed by atoms with Crippen molar-refractivity contribution in [3.8, 4) is 0 Å². The summed E-state index contributed by atoms with van der Waals surface area (Å²) in [4.78, 5) is 24.7. The minimum atomic E-state index is -0.243. The van der Waals surface area contributed by atoms with Gasteiger partial charge in [-0.25, -0.2) is 0 Å². The van der Waals surface area contributed by atoms with Crippen LogP contribution in [0.5, 0.6) is 0 Å². The van der Waals surface area contributed by atoms with Crippen molar-refractivity contribution >= 4 is 11.7 Å². The molecule has 1 unspecified atom stereocenters. The first-order valence-electron chi connectivity index (χ1n) is 5.74. The topological polar surface area (TPSA) is 58.6 Å². The second-order valence-corrected chi connectivity index (χ2v) is 3.97. The van der Waals surface area contributed by atoms with Crippen molar-refractivity contribution in [1.29, 1.82) is 0 Å². The van der Waals surface area contributed by atoms with Gasteiger partial charge in [-0.1, -0.05) is 0 Å². The first-order valence-corrected chi connectivity index (χ1v) is 5.74. The molecule has 92 valence electrons. The van der Waals surface area contributed by atoms with Crippen LogP contribution in [0.3, 0.4) is 0 Å². The highest BCUT2D eigenvalue weighted by Crippen LogP contribution is 2.08. The third-order valence-corrected chi connectivity index (χ3v) is 2.64. The van der Waals surface area contributed by atoms with Crippen LogP contribution in [-0.4, -0.2) is 55.5 Å². The zero-order valence-corrected chi connectivity index (χ0v) is 9.99. The molecule has 0 radical (unpaired) electrons. The molecule has 1 rings (SSSR count). The molecule has 1 fully saturated rings. The second-order valence-electron chi connectivity index (χ2n) is 3.97. The standard InChI is InChI=1S/C11H20N2O3/c1-3-12-11(15)10-8-16-7-6-13(10)5-4-9(2)14/h10H,3-8H2,1-2H3,(H,12,15). The predicted molar refractivity (Wildman–Crippen MR) is 60.2 cm³/mol. The van der Waals surface area contributed by atoms with Crippen LogP contribution in [0, 0.1) is 0 Å². The maximum absolute atomic E-state index is 11.7. The van der Waals surface area contributed by atoms with Crippen LogP contribution < -0.4 is 5.32 Å². The number of rotatable bonds is 5. The van der Waals surface area contributed by atoms with E-state index in [0.717, 1.165) is 6.54 Å². The van der Waals surface area contributed by atoms with Gasteiger partial charge in [0, 0.05) is 26.1 Å². The first-order chi connectivity index (χ1) is 7.65. The number of carbonyl (C=O) groups excluding carboxylic acids is 2. The molecule has 0 aromatic carbocycles. The summed E-state index contributed by atoms with van der Waals surface area (Å²) >= 11 is 0. The normalized spacial score (nSPS) is 21.8. The van der Waals surface area contributed by atoms with Crippen LogP contribution in [0.15, 0.2) is 0 Å². The number of nitrogens with zero attached hydrogens (tertiary/aromatic N) is 1. The van der Waals surface area contributed by atoms with Crippen LogP contribution in [0.4, 0.5) is 0 Å². The van der Waals surface area contributed by atoms with Gasteiger partial charge in [0.2, 0.25) is 5.91 Å². The summed E-state index contributed by atoms with van der Waals surface area (Å²) in [7, 11) is 0. The van der Waals surface area contributed by atoms with Crippen molar-refractivity contribution < 1.29 is 14.3 Å². The number of ether oxygens (including phenoxy) is 1. The van der Waals surface area contributed by atoms with Crippen molar-refractivity contribution in [2.75, 3.05) is 32.8 Å². The number of nitrogens with one attached hydrogen (secondary N) is 1. The smallest absolute Gasteiger partial charge is 0.239 e. The number of morpholine rings is 1. The van der Waals surface area contributed by atoms with E-state index in [0.29, 0.717) is 32.7 Å². The Balaban J connectivity index is 2.49. The average Bonchev–Trinajstić information content (AvgIpc) is 2.27. The van der Waals surface area contributed by atoms with E-state index in [9.17, 15) is 9.59 Å². The van der Waals surface area contributed by atoms with Gasteiger partial charge in [-0.3, -0.25) is 14.5 Å². The summed E-state index contributed by atoms with van der Waals surface area (Å²) in [5, 5.41) is 2.79. The van der Waals surface area contributed by atoms with E-state index in [1.165, 1.54) is 0 Å². The summed E-state index contributed by atoms with van der Waals surface area (Å²) in [6.07, 6.45) is 0.496. The van der Waals surface area contributed by atoms with E-state index in [4.69, 9.17) is 4.74 Å². The summed E-state index contributed by atoms with van der Waals surface area (Å²) in [5.74, 6) is 0.145. The van der Waals surface area contributed by atoms with Crippen molar-refractivity contribution in [3.63, 3.8) is 0 Å². The Morgan fingerprint density at radius 2 is 2.25 bits per heavy atom. The Hall–Kier alpha value is -0.940. The molecule has 16 heavy (non-hydrogen) atoms. The Bertz CT molecular complexity index is 256. The van der Waals surface area contributed by atoms with Crippen LogP contribution in [-0.2, 0) is 14.3 Å². The highest BCUT2D eigenvalue weighted by Gasteiger charge is 2.28. The van der Waals surface area contributed by atoms with Crippen LogP contribution >= 0.6 is 0 Å². The molecular formula is C11H20N2O3. The van der Waals surface area contributed by atoms with E-state index in [2.05, 4.69) is 5.32 Å². The van der Waals surface area contributed by atoms with Crippen molar-refractivity contribution in [2.24, 2.45) is 0 Å². The lowest BCUT2D eigenvalue weighted by Crippen LogP contribution is -2.54. The van der Waals surface area contributed by atoms with E-state index >= 15 is 0 Å². The van der Waals surface area contributed by atoms with E-state index in [1.54, 1.807) is 6.92 Å². The number of ketones is 1. The van der Waals surface area contributed by atoms with Gasteiger partial charge >= 0.3 is 0 Å². The molecule has 0 spiro atoms. The predicted octanol–water partition coefficient (Wildman–Crippen LogP) is -0.198.